The van der Waals surface area contributed by atoms with E-state index in [1.54, 1.807) is 11.8 Å². The zero-order chi connectivity index (χ0) is 14.8. The number of rotatable bonds is 3. The topological polar surface area (TPSA) is 60.8 Å². The molecule has 0 aliphatic carbocycles. The normalized spacial score (nSPS) is 16.8. The largest absolute Gasteiger partial charge is 0.465 e. The second kappa shape index (κ2) is 5.79. The minimum Gasteiger partial charge on any atom is -0.465 e. The van der Waals surface area contributed by atoms with Crippen molar-refractivity contribution in [1.82, 2.24) is 4.90 Å². The van der Waals surface area contributed by atoms with Crippen LogP contribution < -0.4 is 0 Å². The van der Waals surface area contributed by atoms with Crippen LogP contribution >= 0.6 is 11.8 Å². The van der Waals surface area contributed by atoms with E-state index in [1.165, 1.54) is 5.56 Å². The molecule has 0 fully saturated rings. The standard InChI is InChI=1S/C16H15NO3S/c18-15-14-7-6-13(8-12(14)9-17(15)16(19)20)21-10-11-4-2-1-3-5-11/h1-8,15,18H,9-10H2,(H,19,20). The fourth-order valence-electron chi connectivity index (χ4n) is 2.41. The van der Waals surface area contributed by atoms with E-state index in [9.17, 15) is 9.90 Å². The number of fused-ring (bicyclic) bond motifs is 1. The molecule has 0 bridgehead atoms. The molecule has 4 nitrogen and oxygen atoms in total. The minimum atomic E-state index is -1.10. The highest BCUT2D eigenvalue weighted by molar-refractivity contribution is 7.98. The van der Waals surface area contributed by atoms with Gasteiger partial charge in [0, 0.05) is 16.2 Å². The smallest absolute Gasteiger partial charge is 0.409 e. The summed E-state index contributed by atoms with van der Waals surface area (Å²) in [4.78, 5) is 13.2. The quantitative estimate of drug-likeness (QED) is 0.852. The Labute approximate surface area is 127 Å². The number of nitrogens with zero attached hydrogens (tertiary/aromatic N) is 1. The first-order valence-electron chi connectivity index (χ1n) is 6.62. The minimum absolute atomic E-state index is 0.242. The number of carbonyl (C=O) groups is 1. The molecule has 21 heavy (non-hydrogen) atoms. The molecule has 0 aromatic heterocycles. The van der Waals surface area contributed by atoms with Gasteiger partial charge in [0.25, 0.3) is 0 Å². The van der Waals surface area contributed by atoms with Crippen molar-refractivity contribution in [2.24, 2.45) is 0 Å². The van der Waals surface area contributed by atoms with Gasteiger partial charge in [-0.05, 0) is 23.3 Å². The van der Waals surface area contributed by atoms with Gasteiger partial charge in [-0.15, -0.1) is 11.8 Å². The average Bonchev–Trinajstić information content (AvgIpc) is 2.83. The van der Waals surface area contributed by atoms with Gasteiger partial charge in [0.2, 0.25) is 0 Å². The molecule has 1 unspecified atom stereocenters. The third-order valence-electron chi connectivity index (χ3n) is 3.52. The molecule has 3 rings (SSSR count). The maximum atomic E-state index is 11.0. The van der Waals surface area contributed by atoms with Crippen LogP contribution in [0.1, 0.15) is 22.9 Å². The van der Waals surface area contributed by atoms with Crippen LogP contribution in [0.5, 0.6) is 0 Å². The molecule has 2 aromatic rings. The maximum Gasteiger partial charge on any atom is 0.409 e. The number of carboxylic acid groups (broad SMARTS) is 1. The van der Waals surface area contributed by atoms with Crippen molar-refractivity contribution in [1.29, 1.82) is 0 Å². The third-order valence-corrected chi connectivity index (χ3v) is 4.59. The number of aliphatic hydroxyl groups is 1. The summed E-state index contributed by atoms with van der Waals surface area (Å²) in [6.07, 6.45) is -2.15. The Kier molecular flexibility index (Phi) is 3.86. The lowest BCUT2D eigenvalue weighted by Crippen LogP contribution is -2.27. The van der Waals surface area contributed by atoms with Crippen molar-refractivity contribution in [3.05, 3.63) is 65.2 Å². The van der Waals surface area contributed by atoms with E-state index >= 15 is 0 Å². The van der Waals surface area contributed by atoms with Crippen molar-refractivity contribution < 1.29 is 15.0 Å². The molecular formula is C16H15NO3S. The highest BCUT2D eigenvalue weighted by atomic mass is 32.2. The summed E-state index contributed by atoms with van der Waals surface area (Å²) >= 11 is 1.70. The van der Waals surface area contributed by atoms with E-state index in [-0.39, 0.29) is 6.54 Å². The van der Waals surface area contributed by atoms with Crippen LogP contribution in [-0.2, 0) is 12.3 Å². The van der Waals surface area contributed by atoms with Crippen molar-refractivity contribution in [3.63, 3.8) is 0 Å². The number of hydrogen-bond donors (Lipinski definition) is 2. The highest BCUT2D eigenvalue weighted by Crippen LogP contribution is 2.35. The fraction of sp³-hybridized carbons (Fsp3) is 0.188. The monoisotopic (exact) mass is 301 g/mol. The van der Waals surface area contributed by atoms with Gasteiger partial charge in [-0.25, -0.2) is 4.79 Å². The molecule has 1 aliphatic rings. The zero-order valence-corrected chi connectivity index (χ0v) is 12.1. The highest BCUT2D eigenvalue weighted by Gasteiger charge is 2.31. The molecule has 1 atom stereocenters. The zero-order valence-electron chi connectivity index (χ0n) is 11.3. The fourth-order valence-corrected chi connectivity index (χ4v) is 3.33. The van der Waals surface area contributed by atoms with E-state index in [4.69, 9.17) is 5.11 Å². The van der Waals surface area contributed by atoms with Crippen LogP contribution in [0.2, 0.25) is 0 Å². The first-order chi connectivity index (χ1) is 10.1. The van der Waals surface area contributed by atoms with E-state index in [0.717, 1.165) is 21.1 Å². The second-order valence-electron chi connectivity index (χ2n) is 4.92. The summed E-state index contributed by atoms with van der Waals surface area (Å²) in [5.41, 5.74) is 2.81. The third kappa shape index (κ3) is 2.89. The summed E-state index contributed by atoms with van der Waals surface area (Å²) in [5.74, 6) is 0.866. The van der Waals surface area contributed by atoms with Gasteiger partial charge >= 0.3 is 6.09 Å². The summed E-state index contributed by atoms with van der Waals surface area (Å²) in [5, 5.41) is 19.0. The predicted molar refractivity (Wildman–Crippen MR) is 81.0 cm³/mol. The lowest BCUT2D eigenvalue weighted by Gasteiger charge is -2.15. The molecule has 0 radical (unpaired) electrons. The average molecular weight is 301 g/mol. The van der Waals surface area contributed by atoms with Crippen molar-refractivity contribution in [2.45, 2.75) is 23.4 Å². The number of amides is 1. The van der Waals surface area contributed by atoms with Crippen LogP contribution in [0.3, 0.4) is 0 Å². The molecular weight excluding hydrogens is 286 g/mol. The summed E-state index contributed by atoms with van der Waals surface area (Å²) in [6.45, 7) is 0.242. The van der Waals surface area contributed by atoms with Crippen molar-refractivity contribution in [2.75, 3.05) is 0 Å². The molecule has 1 aliphatic heterocycles. The Morgan fingerprint density at radius 2 is 2.00 bits per heavy atom. The van der Waals surface area contributed by atoms with Crippen molar-refractivity contribution in [3.8, 4) is 0 Å². The molecule has 0 saturated carbocycles. The molecule has 2 N–H and O–H groups in total. The van der Waals surface area contributed by atoms with Gasteiger partial charge < -0.3 is 10.2 Å². The summed E-state index contributed by atoms with van der Waals surface area (Å²) in [7, 11) is 0. The predicted octanol–water partition coefficient (Wildman–Crippen LogP) is 3.46. The Balaban J connectivity index is 1.73. The van der Waals surface area contributed by atoms with Gasteiger partial charge in [0.15, 0.2) is 6.23 Å². The van der Waals surface area contributed by atoms with Crippen LogP contribution in [-0.4, -0.2) is 21.2 Å². The van der Waals surface area contributed by atoms with Crippen LogP contribution in [0, 0.1) is 0 Å². The van der Waals surface area contributed by atoms with Crippen LogP contribution in [0.15, 0.2) is 53.4 Å². The van der Waals surface area contributed by atoms with E-state index in [2.05, 4.69) is 12.1 Å². The Hall–Kier alpha value is -1.98. The number of aliphatic hydroxyl groups excluding tert-OH is 1. The molecule has 5 heteroatoms. The Morgan fingerprint density at radius 1 is 1.24 bits per heavy atom. The van der Waals surface area contributed by atoms with Crippen LogP contribution in [0.4, 0.5) is 4.79 Å². The second-order valence-corrected chi connectivity index (χ2v) is 5.97. The number of hydrogen-bond acceptors (Lipinski definition) is 3. The molecule has 1 amide bonds. The van der Waals surface area contributed by atoms with Gasteiger partial charge in [0.05, 0.1) is 6.54 Å². The first-order valence-corrected chi connectivity index (χ1v) is 7.61. The van der Waals surface area contributed by atoms with Gasteiger partial charge in [-0.3, -0.25) is 4.90 Å². The Bertz CT molecular complexity index is 660. The number of thioether (sulfide) groups is 1. The molecule has 2 aromatic carbocycles. The van der Waals surface area contributed by atoms with Gasteiger partial charge in [0.1, 0.15) is 0 Å². The first kappa shape index (κ1) is 14.0. The van der Waals surface area contributed by atoms with Crippen molar-refractivity contribution >= 4 is 17.9 Å². The van der Waals surface area contributed by atoms with Gasteiger partial charge in [-0.1, -0.05) is 36.4 Å². The summed E-state index contributed by atoms with van der Waals surface area (Å²) in [6, 6.07) is 15.9. The van der Waals surface area contributed by atoms with E-state index in [0.29, 0.717) is 5.56 Å². The molecule has 1 heterocycles. The SMILES string of the molecule is O=C(O)N1Cc2cc(SCc3ccccc3)ccc2C1O. The van der Waals surface area contributed by atoms with E-state index in [1.807, 2.05) is 36.4 Å². The molecule has 0 saturated heterocycles. The van der Waals surface area contributed by atoms with E-state index < -0.39 is 12.3 Å². The van der Waals surface area contributed by atoms with Gasteiger partial charge in [-0.2, -0.15) is 0 Å². The lowest BCUT2D eigenvalue weighted by atomic mass is 10.1. The van der Waals surface area contributed by atoms with Crippen LogP contribution in [0.25, 0.3) is 0 Å². The Morgan fingerprint density at radius 3 is 2.71 bits per heavy atom. The molecule has 108 valence electrons. The lowest BCUT2D eigenvalue weighted by molar-refractivity contribution is 0.0210. The summed E-state index contributed by atoms with van der Waals surface area (Å²) < 4.78 is 0. The molecule has 0 spiro atoms. The number of benzene rings is 2. The maximum absolute atomic E-state index is 11.0.